The number of hydrazine groups is 1. The summed E-state index contributed by atoms with van der Waals surface area (Å²) >= 11 is 0. The van der Waals surface area contributed by atoms with Gasteiger partial charge in [0.25, 0.3) is 11.8 Å². The van der Waals surface area contributed by atoms with Gasteiger partial charge in [0, 0.05) is 16.8 Å². The fraction of sp³-hybridized carbons (Fsp3) is 0.0476. The molecule has 0 saturated carbocycles. The number of rotatable bonds is 3. The molecular formula is C21H17N3O3. The molecule has 3 N–H and O–H groups in total. The molecule has 0 bridgehead atoms. The van der Waals surface area contributed by atoms with E-state index in [-0.39, 0.29) is 11.7 Å². The number of phenolic OH excluding ortho intramolecular Hbond substituents is 1. The van der Waals surface area contributed by atoms with E-state index in [1.807, 2.05) is 12.1 Å². The third-order valence-electron chi connectivity index (χ3n) is 4.37. The van der Waals surface area contributed by atoms with Crippen LogP contribution in [0, 0.1) is 0 Å². The Morgan fingerprint density at radius 1 is 0.963 bits per heavy atom. The average molecular weight is 359 g/mol. The Morgan fingerprint density at radius 2 is 1.70 bits per heavy atom. The van der Waals surface area contributed by atoms with Crippen molar-refractivity contribution in [2.75, 3.05) is 5.32 Å². The summed E-state index contributed by atoms with van der Waals surface area (Å²) in [6.45, 7) is 0. The zero-order valence-corrected chi connectivity index (χ0v) is 14.3. The summed E-state index contributed by atoms with van der Waals surface area (Å²) in [4.78, 5) is 25.7. The number of para-hydroxylation sites is 1. The Hall–Kier alpha value is -3.80. The summed E-state index contributed by atoms with van der Waals surface area (Å²) in [6.07, 6.45) is -0.660. The number of carbonyl (C=O) groups excluding carboxylic acids is 2. The van der Waals surface area contributed by atoms with Crippen molar-refractivity contribution in [3.63, 3.8) is 0 Å². The first kappa shape index (κ1) is 16.7. The van der Waals surface area contributed by atoms with Gasteiger partial charge in [0.1, 0.15) is 11.9 Å². The van der Waals surface area contributed by atoms with Crippen molar-refractivity contribution in [2.24, 2.45) is 0 Å². The summed E-state index contributed by atoms with van der Waals surface area (Å²) in [5.74, 6) is -0.646. The van der Waals surface area contributed by atoms with E-state index in [1.165, 1.54) is 5.01 Å². The topological polar surface area (TPSA) is 81.7 Å². The maximum atomic E-state index is 13.1. The first-order valence-corrected chi connectivity index (χ1v) is 8.47. The van der Waals surface area contributed by atoms with Gasteiger partial charge in [-0.15, -0.1) is 0 Å². The van der Waals surface area contributed by atoms with Crippen molar-refractivity contribution in [3.05, 3.63) is 95.6 Å². The first-order chi connectivity index (χ1) is 13.1. The minimum Gasteiger partial charge on any atom is -0.508 e. The number of hydrogen-bond donors (Lipinski definition) is 3. The lowest BCUT2D eigenvalue weighted by Gasteiger charge is -2.37. The number of anilines is 1. The highest BCUT2D eigenvalue weighted by Crippen LogP contribution is 2.32. The predicted molar refractivity (Wildman–Crippen MR) is 101 cm³/mol. The second-order valence-corrected chi connectivity index (χ2v) is 6.17. The zero-order valence-electron chi connectivity index (χ0n) is 14.3. The summed E-state index contributed by atoms with van der Waals surface area (Å²) in [6, 6.07) is 22.4. The van der Waals surface area contributed by atoms with Gasteiger partial charge in [-0.2, -0.15) is 0 Å². The van der Waals surface area contributed by atoms with Crippen LogP contribution in [0.15, 0.2) is 78.9 Å². The van der Waals surface area contributed by atoms with Gasteiger partial charge in [-0.1, -0.05) is 42.5 Å². The quantitative estimate of drug-likeness (QED) is 0.670. The van der Waals surface area contributed by atoms with Crippen LogP contribution in [-0.2, 0) is 0 Å². The molecule has 0 fully saturated rings. The maximum absolute atomic E-state index is 13.1. The van der Waals surface area contributed by atoms with E-state index in [0.717, 1.165) is 0 Å². The van der Waals surface area contributed by atoms with Crippen molar-refractivity contribution >= 4 is 17.5 Å². The van der Waals surface area contributed by atoms with Crippen LogP contribution < -0.4 is 10.7 Å². The maximum Gasteiger partial charge on any atom is 0.276 e. The van der Waals surface area contributed by atoms with Gasteiger partial charge >= 0.3 is 0 Å². The highest BCUT2D eigenvalue weighted by Gasteiger charge is 2.34. The molecule has 6 heteroatoms. The normalized spacial score (nSPS) is 15.6. The highest BCUT2D eigenvalue weighted by molar-refractivity contribution is 6.03. The van der Waals surface area contributed by atoms with E-state index < -0.39 is 12.1 Å². The van der Waals surface area contributed by atoms with Crippen LogP contribution in [-0.4, -0.2) is 21.9 Å². The molecule has 1 atom stereocenters. The van der Waals surface area contributed by atoms with Gasteiger partial charge in [-0.3, -0.25) is 15.0 Å². The van der Waals surface area contributed by atoms with Crippen molar-refractivity contribution in [2.45, 2.75) is 6.17 Å². The number of phenols is 1. The standard InChI is InChI=1S/C21H17N3O3/c25-16-10-6-9-15(13-16)19-22-18-12-5-4-11-17(18)21(27)24(19)23-20(26)14-7-2-1-3-8-14/h1-13,19,22,25H,(H,23,26)/t19-/m1/s1. The summed E-state index contributed by atoms with van der Waals surface area (Å²) in [5.41, 5.74) is 4.91. The minimum absolute atomic E-state index is 0.0787. The molecule has 1 aliphatic heterocycles. The Morgan fingerprint density at radius 3 is 2.48 bits per heavy atom. The Kier molecular flexibility index (Phi) is 4.22. The van der Waals surface area contributed by atoms with Crippen LogP contribution in [0.5, 0.6) is 5.75 Å². The largest absolute Gasteiger partial charge is 0.508 e. The van der Waals surface area contributed by atoms with Crippen LogP contribution in [0.3, 0.4) is 0 Å². The molecule has 0 saturated heterocycles. The lowest BCUT2D eigenvalue weighted by molar-refractivity contribution is 0.0490. The monoisotopic (exact) mass is 359 g/mol. The molecule has 1 heterocycles. The van der Waals surface area contributed by atoms with E-state index in [1.54, 1.807) is 66.7 Å². The SMILES string of the molecule is O=C(NN1C(=O)c2ccccc2N[C@H]1c1cccc(O)c1)c1ccccc1. The third kappa shape index (κ3) is 3.20. The number of fused-ring (bicyclic) bond motifs is 1. The van der Waals surface area contributed by atoms with Gasteiger partial charge in [-0.25, -0.2) is 5.01 Å². The average Bonchev–Trinajstić information content (AvgIpc) is 2.70. The molecule has 0 aliphatic carbocycles. The first-order valence-electron chi connectivity index (χ1n) is 8.47. The number of nitrogens with one attached hydrogen (secondary N) is 2. The second-order valence-electron chi connectivity index (χ2n) is 6.17. The van der Waals surface area contributed by atoms with Crippen LogP contribution in [0.2, 0.25) is 0 Å². The lowest BCUT2D eigenvalue weighted by atomic mass is 10.0. The fourth-order valence-electron chi connectivity index (χ4n) is 3.06. The molecule has 3 aromatic rings. The van der Waals surface area contributed by atoms with E-state index in [4.69, 9.17) is 0 Å². The van der Waals surface area contributed by atoms with E-state index in [9.17, 15) is 14.7 Å². The predicted octanol–water partition coefficient (Wildman–Crippen LogP) is 3.30. The smallest absolute Gasteiger partial charge is 0.276 e. The van der Waals surface area contributed by atoms with E-state index in [0.29, 0.717) is 22.4 Å². The van der Waals surface area contributed by atoms with Gasteiger partial charge in [0.2, 0.25) is 0 Å². The number of carbonyl (C=O) groups is 2. The minimum atomic E-state index is -0.660. The number of nitrogens with zero attached hydrogens (tertiary/aromatic N) is 1. The Bertz CT molecular complexity index is 1000. The van der Waals surface area contributed by atoms with E-state index in [2.05, 4.69) is 10.7 Å². The number of hydrogen-bond acceptors (Lipinski definition) is 4. The molecule has 0 unspecified atom stereocenters. The number of aromatic hydroxyl groups is 1. The molecule has 0 spiro atoms. The van der Waals surface area contributed by atoms with E-state index >= 15 is 0 Å². The molecule has 0 radical (unpaired) electrons. The second kappa shape index (κ2) is 6.84. The van der Waals surface area contributed by atoms with Crippen molar-refractivity contribution < 1.29 is 14.7 Å². The lowest BCUT2D eigenvalue weighted by Crippen LogP contribution is -2.52. The van der Waals surface area contributed by atoms with Crippen molar-refractivity contribution in [1.29, 1.82) is 0 Å². The summed E-state index contributed by atoms with van der Waals surface area (Å²) < 4.78 is 0. The van der Waals surface area contributed by atoms with Gasteiger partial charge in [-0.05, 0) is 36.4 Å². The van der Waals surface area contributed by atoms with Crippen LogP contribution in [0.25, 0.3) is 0 Å². The number of benzene rings is 3. The molecule has 1 aliphatic rings. The van der Waals surface area contributed by atoms with Crippen LogP contribution in [0.1, 0.15) is 32.4 Å². The molecule has 0 aromatic heterocycles. The summed E-state index contributed by atoms with van der Waals surface area (Å²) in [5, 5.41) is 14.3. The van der Waals surface area contributed by atoms with Gasteiger partial charge in [0.15, 0.2) is 0 Å². The molecular weight excluding hydrogens is 342 g/mol. The van der Waals surface area contributed by atoms with Crippen LogP contribution in [0.4, 0.5) is 5.69 Å². The molecule has 4 rings (SSSR count). The Balaban J connectivity index is 1.73. The summed E-state index contributed by atoms with van der Waals surface area (Å²) in [7, 11) is 0. The highest BCUT2D eigenvalue weighted by atomic mass is 16.3. The fourth-order valence-corrected chi connectivity index (χ4v) is 3.06. The Labute approximate surface area is 156 Å². The zero-order chi connectivity index (χ0) is 18.8. The molecule has 2 amide bonds. The van der Waals surface area contributed by atoms with Crippen molar-refractivity contribution in [1.82, 2.24) is 10.4 Å². The molecule has 134 valence electrons. The number of amides is 2. The third-order valence-corrected chi connectivity index (χ3v) is 4.37. The van der Waals surface area contributed by atoms with Crippen molar-refractivity contribution in [3.8, 4) is 5.75 Å². The van der Waals surface area contributed by atoms with Gasteiger partial charge in [0.05, 0.1) is 5.56 Å². The molecule has 27 heavy (non-hydrogen) atoms. The molecule has 3 aromatic carbocycles. The van der Waals surface area contributed by atoms with Gasteiger partial charge < -0.3 is 10.4 Å². The molecule has 6 nitrogen and oxygen atoms in total. The van der Waals surface area contributed by atoms with Crippen LogP contribution >= 0.6 is 0 Å².